The standard InChI is InChI=1S/C11H18O8.H3N/c1-5-18-19-11(10(14)17-4,6-8(12)15-2)7-9(13)16-3;/h5-7H2,1-4H3;1H3. The Morgan fingerprint density at radius 2 is 1.35 bits per heavy atom. The highest BCUT2D eigenvalue weighted by molar-refractivity contribution is 5.90. The van der Waals surface area contributed by atoms with Gasteiger partial charge in [0.15, 0.2) is 0 Å². The van der Waals surface area contributed by atoms with Crippen molar-refractivity contribution >= 4 is 17.9 Å². The second-order valence-electron chi connectivity index (χ2n) is 3.48. The van der Waals surface area contributed by atoms with E-state index in [4.69, 9.17) is 9.78 Å². The third-order valence-corrected chi connectivity index (χ3v) is 2.21. The monoisotopic (exact) mass is 295 g/mol. The Bertz CT molecular complexity index is 312. The van der Waals surface area contributed by atoms with Gasteiger partial charge in [0.05, 0.1) is 40.8 Å². The predicted molar refractivity (Wildman–Crippen MR) is 65.7 cm³/mol. The maximum Gasteiger partial charge on any atom is 0.342 e. The molecule has 0 rings (SSSR count). The minimum Gasteiger partial charge on any atom is -0.469 e. The fourth-order valence-electron chi connectivity index (χ4n) is 1.27. The average molecular weight is 295 g/mol. The number of rotatable bonds is 8. The fraction of sp³-hybridized carbons (Fsp3) is 0.727. The van der Waals surface area contributed by atoms with Crippen molar-refractivity contribution in [3.8, 4) is 0 Å². The van der Waals surface area contributed by atoms with Crippen molar-refractivity contribution < 1.29 is 38.4 Å². The smallest absolute Gasteiger partial charge is 0.342 e. The van der Waals surface area contributed by atoms with E-state index in [1.54, 1.807) is 6.92 Å². The van der Waals surface area contributed by atoms with Gasteiger partial charge in [0.2, 0.25) is 5.60 Å². The molecule has 0 bridgehead atoms. The van der Waals surface area contributed by atoms with Crippen LogP contribution in [0.3, 0.4) is 0 Å². The van der Waals surface area contributed by atoms with Gasteiger partial charge in [-0.1, -0.05) is 0 Å². The van der Waals surface area contributed by atoms with Gasteiger partial charge in [-0.25, -0.2) is 14.6 Å². The first-order valence-corrected chi connectivity index (χ1v) is 5.48. The minimum absolute atomic E-state index is 0. The molecule has 0 saturated carbocycles. The van der Waals surface area contributed by atoms with E-state index in [1.165, 1.54) is 0 Å². The molecule has 0 aromatic heterocycles. The van der Waals surface area contributed by atoms with Crippen molar-refractivity contribution in [2.24, 2.45) is 0 Å². The van der Waals surface area contributed by atoms with Gasteiger partial charge in [0.25, 0.3) is 0 Å². The van der Waals surface area contributed by atoms with Crippen molar-refractivity contribution in [3.63, 3.8) is 0 Å². The van der Waals surface area contributed by atoms with Gasteiger partial charge in [-0.2, -0.15) is 0 Å². The van der Waals surface area contributed by atoms with Crippen LogP contribution in [0.5, 0.6) is 0 Å². The van der Waals surface area contributed by atoms with E-state index in [-0.39, 0.29) is 12.8 Å². The summed E-state index contributed by atoms with van der Waals surface area (Å²) in [5.41, 5.74) is -1.93. The topological polar surface area (TPSA) is 132 Å². The number of methoxy groups -OCH3 is 3. The molecule has 3 N–H and O–H groups in total. The Labute approximate surface area is 117 Å². The van der Waals surface area contributed by atoms with Crippen LogP contribution in [0.25, 0.3) is 0 Å². The highest BCUT2D eigenvalue weighted by Crippen LogP contribution is 2.25. The van der Waals surface area contributed by atoms with Gasteiger partial charge in [-0.15, -0.1) is 0 Å². The van der Waals surface area contributed by atoms with Crippen LogP contribution in [-0.4, -0.2) is 51.4 Å². The van der Waals surface area contributed by atoms with Gasteiger partial charge in [0.1, 0.15) is 0 Å². The molecule has 0 radical (unpaired) electrons. The summed E-state index contributed by atoms with van der Waals surface area (Å²) in [5, 5.41) is 0. The van der Waals surface area contributed by atoms with Crippen molar-refractivity contribution in [2.45, 2.75) is 25.4 Å². The summed E-state index contributed by atoms with van der Waals surface area (Å²) < 4.78 is 13.5. The largest absolute Gasteiger partial charge is 0.469 e. The van der Waals surface area contributed by atoms with Crippen LogP contribution in [0.4, 0.5) is 0 Å². The van der Waals surface area contributed by atoms with E-state index >= 15 is 0 Å². The van der Waals surface area contributed by atoms with Crippen LogP contribution in [-0.2, 0) is 38.4 Å². The summed E-state index contributed by atoms with van der Waals surface area (Å²) in [7, 11) is 3.38. The van der Waals surface area contributed by atoms with E-state index in [1.807, 2.05) is 0 Å². The van der Waals surface area contributed by atoms with Gasteiger partial charge < -0.3 is 20.4 Å². The van der Waals surface area contributed by atoms with Gasteiger partial charge in [-0.3, -0.25) is 9.59 Å². The lowest BCUT2D eigenvalue weighted by atomic mass is 9.95. The van der Waals surface area contributed by atoms with Crippen LogP contribution >= 0.6 is 0 Å². The lowest BCUT2D eigenvalue weighted by Crippen LogP contribution is -2.46. The fourth-order valence-corrected chi connectivity index (χ4v) is 1.27. The Kier molecular flexibility index (Phi) is 10.4. The zero-order valence-electron chi connectivity index (χ0n) is 12.1. The van der Waals surface area contributed by atoms with E-state index in [2.05, 4.69) is 14.2 Å². The lowest BCUT2D eigenvalue weighted by Gasteiger charge is -2.27. The van der Waals surface area contributed by atoms with Crippen molar-refractivity contribution in [1.29, 1.82) is 0 Å². The first kappa shape index (κ1) is 20.6. The third kappa shape index (κ3) is 5.95. The molecule has 0 fully saturated rings. The Morgan fingerprint density at radius 3 is 1.65 bits per heavy atom. The lowest BCUT2D eigenvalue weighted by molar-refractivity contribution is -0.353. The molecule has 0 heterocycles. The summed E-state index contributed by atoms with van der Waals surface area (Å²) in [6, 6.07) is 0. The van der Waals surface area contributed by atoms with Crippen molar-refractivity contribution in [2.75, 3.05) is 27.9 Å². The highest BCUT2D eigenvalue weighted by atomic mass is 17.2. The molecule has 20 heavy (non-hydrogen) atoms. The van der Waals surface area contributed by atoms with Crippen LogP contribution in [0.1, 0.15) is 19.8 Å². The summed E-state index contributed by atoms with van der Waals surface area (Å²) in [4.78, 5) is 44.1. The van der Waals surface area contributed by atoms with Crippen molar-refractivity contribution in [3.05, 3.63) is 0 Å². The Balaban J connectivity index is 0. The van der Waals surface area contributed by atoms with Crippen molar-refractivity contribution in [1.82, 2.24) is 6.15 Å². The number of carbonyl (C=O) groups excluding carboxylic acids is 3. The molecule has 9 nitrogen and oxygen atoms in total. The normalized spacial score (nSPS) is 10.2. The van der Waals surface area contributed by atoms with Gasteiger partial charge >= 0.3 is 17.9 Å². The molecule has 0 spiro atoms. The van der Waals surface area contributed by atoms with E-state index < -0.39 is 36.4 Å². The first-order chi connectivity index (χ1) is 8.95. The van der Waals surface area contributed by atoms with Crippen LogP contribution in [0.15, 0.2) is 0 Å². The number of hydrogen-bond acceptors (Lipinski definition) is 9. The van der Waals surface area contributed by atoms with Gasteiger partial charge in [-0.05, 0) is 6.92 Å². The van der Waals surface area contributed by atoms with E-state index in [9.17, 15) is 14.4 Å². The van der Waals surface area contributed by atoms with E-state index in [0.717, 1.165) is 21.3 Å². The average Bonchev–Trinajstić information content (AvgIpc) is 2.43. The van der Waals surface area contributed by atoms with Gasteiger partial charge in [0, 0.05) is 0 Å². The molecular formula is C11H21NO8. The molecule has 118 valence electrons. The molecule has 0 atom stereocenters. The summed E-state index contributed by atoms with van der Waals surface area (Å²) >= 11 is 0. The number of esters is 3. The molecule has 0 aliphatic rings. The summed E-state index contributed by atoms with van der Waals surface area (Å²) in [6.07, 6.45) is -1.07. The van der Waals surface area contributed by atoms with Crippen LogP contribution in [0.2, 0.25) is 0 Å². The molecule has 0 aliphatic carbocycles. The van der Waals surface area contributed by atoms with E-state index in [0.29, 0.717) is 0 Å². The third-order valence-electron chi connectivity index (χ3n) is 2.21. The summed E-state index contributed by atoms with van der Waals surface area (Å²) in [6.45, 7) is 1.72. The Hall–Kier alpha value is -1.71. The first-order valence-electron chi connectivity index (χ1n) is 5.48. The molecule has 0 unspecified atom stereocenters. The second kappa shape index (κ2) is 10.1. The zero-order valence-corrected chi connectivity index (χ0v) is 12.1. The van der Waals surface area contributed by atoms with Crippen LogP contribution in [0, 0.1) is 0 Å². The maximum absolute atomic E-state index is 11.8. The molecule has 0 aliphatic heterocycles. The summed E-state index contributed by atoms with van der Waals surface area (Å²) in [5.74, 6) is -2.44. The molecule has 9 heteroatoms. The SMILES string of the molecule is CCOOC(CC(=O)OC)(CC(=O)OC)C(=O)OC.N. The van der Waals surface area contributed by atoms with Crippen LogP contribution < -0.4 is 6.15 Å². The number of hydrogen-bond donors (Lipinski definition) is 1. The molecule has 0 aromatic carbocycles. The Morgan fingerprint density at radius 1 is 0.900 bits per heavy atom. The highest BCUT2D eigenvalue weighted by Gasteiger charge is 2.47. The molecule has 0 amide bonds. The molecule has 0 saturated heterocycles. The molecule has 0 aromatic rings. The second-order valence-corrected chi connectivity index (χ2v) is 3.48. The zero-order chi connectivity index (χ0) is 14.9. The number of carbonyl (C=O) groups is 3. The minimum atomic E-state index is -1.93. The predicted octanol–water partition coefficient (Wildman–Crippen LogP) is 0.155. The molecular weight excluding hydrogens is 274 g/mol. The maximum atomic E-state index is 11.8. The quantitative estimate of drug-likeness (QED) is 0.287. The number of ether oxygens (including phenoxy) is 3.